The second-order valence-corrected chi connectivity index (χ2v) is 10.4. The molecule has 1 N–H and O–H groups in total. The number of rotatable bonds is 7. The quantitative estimate of drug-likeness (QED) is 0.275. The van der Waals surface area contributed by atoms with Crippen LogP contribution in [0.1, 0.15) is 41.4 Å². The molecule has 0 saturated carbocycles. The molecular formula is C30H30Cl2N4O. The van der Waals surface area contributed by atoms with E-state index in [1.54, 1.807) is 4.68 Å². The molecule has 1 saturated heterocycles. The van der Waals surface area contributed by atoms with E-state index in [2.05, 4.69) is 41.4 Å². The number of anilines is 1. The van der Waals surface area contributed by atoms with Gasteiger partial charge in [0, 0.05) is 46.0 Å². The highest BCUT2D eigenvalue weighted by Crippen LogP contribution is 2.30. The Balaban J connectivity index is 1.33. The molecule has 0 spiro atoms. The lowest BCUT2D eigenvalue weighted by Gasteiger charge is -2.23. The summed E-state index contributed by atoms with van der Waals surface area (Å²) in [4.78, 5) is 15.7. The van der Waals surface area contributed by atoms with Crippen molar-refractivity contribution in [2.45, 2.75) is 39.2 Å². The largest absolute Gasteiger partial charge is 0.369 e. The molecule has 1 aliphatic rings. The Morgan fingerprint density at radius 3 is 2.19 bits per heavy atom. The monoisotopic (exact) mass is 532 g/mol. The standard InChI is InChI=1S/C30H30Cl2N4O/c1-20-4-3-19-35(20)26-13-5-22(6-14-26)17-18-33-30(37)28-21(2)29(23-7-9-24(31)10-8-23)36(34-28)27-15-11-25(32)12-16-27/h5-16,20H,3-4,17-19H2,1-2H3,(H,33,37)/t20-/m0/s1. The van der Waals surface area contributed by atoms with Crippen molar-refractivity contribution in [3.05, 3.63) is 99.7 Å². The first-order valence-electron chi connectivity index (χ1n) is 12.7. The van der Waals surface area contributed by atoms with E-state index in [0.29, 0.717) is 28.3 Å². The predicted octanol–water partition coefficient (Wildman–Crippen LogP) is 7.12. The number of carbonyl (C=O) groups excluding carboxylic acids is 1. The number of nitrogens with zero attached hydrogens (tertiary/aromatic N) is 3. The zero-order valence-electron chi connectivity index (χ0n) is 21.0. The summed E-state index contributed by atoms with van der Waals surface area (Å²) in [7, 11) is 0. The molecule has 1 atom stereocenters. The molecule has 190 valence electrons. The molecule has 3 aromatic carbocycles. The minimum Gasteiger partial charge on any atom is -0.369 e. The lowest BCUT2D eigenvalue weighted by Crippen LogP contribution is -2.27. The Labute approximate surface area is 228 Å². The maximum atomic E-state index is 13.2. The summed E-state index contributed by atoms with van der Waals surface area (Å²) in [5.74, 6) is -0.192. The van der Waals surface area contributed by atoms with Gasteiger partial charge in [0.1, 0.15) is 0 Å². The molecule has 1 aromatic heterocycles. The van der Waals surface area contributed by atoms with Crippen molar-refractivity contribution >= 4 is 34.8 Å². The van der Waals surface area contributed by atoms with Gasteiger partial charge in [-0.05, 0) is 87.2 Å². The number of halogens is 2. The van der Waals surface area contributed by atoms with E-state index in [-0.39, 0.29) is 5.91 Å². The van der Waals surface area contributed by atoms with Crippen molar-refractivity contribution in [3.63, 3.8) is 0 Å². The van der Waals surface area contributed by atoms with Crippen LogP contribution in [-0.4, -0.2) is 34.8 Å². The second kappa shape index (κ2) is 11.0. The first-order chi connectivity index (χ1) is 17.9. The number of nitrogens with one attached hydrogen (secondary N) is 1. The minimum absolute atomic E-state index is 0.192. The highest BCUT2D eigenvalue weighted by atomic mass is 35.5. The van der Waals surface area contributed by atoms with Crippen LogP contribution in [0, 0.1) is 6.92 Å². The van der Waals surface area contributed by atoms with Gasteiger partial charge in [-0.1, -0.05) is 47.5 Å². The van der Waals surface area contributed by atoms with Gasteiger partial charge in [0.2, 0.25) is 0 Å². The van der Waals surface area contributed by atoms with E-state index >= 15 is 0 Å². The highest BCUT2D eigenvalue weighted by molar-refractivity contribution is 6.30. The van der Waals surface area contributed by atoms with Crippen molar-refractivity contribution in [1.82, 2.24) is 15.1 Å². The molecule has 0 aliphatic carbocycles. The van der Waals surface area contributed by atoms with Gasteiger partial charge in [-0.3, -0.25) is 4.79 Å². The van der Waals surface area contributed by atoms with Crippen LogP contribution in [0.25, 0.3) is 16.9 Å². The number of benzene rings is 3. The van der Waals surface area contributed by atoms with Gasteiger partial charge in [0.15, 0.2) is 5.69 Å². The van der Waals surface area contributed by atoms with Crippen molar-refractivity contribution in [3.8, 4) is 16.9 Å². The number of aromatic nitrogens is 2. The number of amides is 1. The molecule has 5 rings (SSSR count). The van der Waals surface area contributed by atoms with Crippen molar-refractivity contribution < 1.29 is 4.79 Å². The maximum Gasteiger partial charge on any atom is 0.272 e. The fraction of sp³-hybridized carbons (Fsp3) is 0.267. The van der Waals surface area contributed by atoms with E-state index in [1.165, 1.54) is 24.1 Å². The molecule has 37 heavy (non-hydrogen) atoms. The van der Waals surface area contributed by atoms with Crippen LogP contribution < -0.4 is 10.2 Å². The van der Waals surface area contributed by atoms with Gasteiger partial charge >= 0.3 is 0 Å². The first-order valence-corrected chi connectivity index (χ1v) is 13.4. The predicted molar refractivity (Wildman–Crippen MR) is 152 cm³/mol. The molecule has 1 aliphatic heterocycles. The Morgan fingerprint density at radius 1 is 0.946 bits per heavy atom. The van der Waals surface area contributed by atoms with Crippen LogP contribution in [-0.2, 0) is 6.42 Å². The smallest absolute Gasteiger partial charge is 0.272 e. The van der Waals surface area contributed by atoms with Crippen LogP contribution in [0.3, 0.4) is 0 Å². The van der Waals surface area contributed by atoms with Gasteiger partial charge in [0.25, 0.3) is 5.91 Å². The highest BCUT2D eigenvalue weighted by Gasteiger charge is 2.22. The lowest BCUT2D eigenvalue weighted by atomic mass is 10.1. The van der Waals surface area contributed by atoms with Crippen LogP contribution in [0.4, 0.5) is 5.69 Å². The average molecular weight is 534 g/mol. The molecule has 0 bridgehead atoms. The van der Waals surface area contributed by atoms with E-state index < -0.39 is 0 Å². The fourth-order valence-corrected chi connectivity index (χ4v) is 5.25. The van der Waals surface area contributed by atoms with E-state index in [9.17, 15) is 4.79 Å². The van der Waals surface area contributed by atoms with Gasteiger partial charge in [0.05, 0.1) is 11.4 Å². The molecule has 5 nitrogen and oxygen atoms in total. The molecule has 2 heterocycles. The van der Waals surface area contributed by atoms with Gasteiger partial charge in [-0.25, -0.2) is 4.68 Å². The normalized spacial score (nSPS) is 15.2. The minimum atomic E-state index is -0.192. The summed E-state index contributed by atoms with van der Waals surface area (Å²) in [6.45, 7) is 5.86. The Kier molecular flexibility index (Phi) is 7.54. The molecule has 1 amide bonds. The van der Waals surface area contributed by atoms with Gasteiger partial charge in [-0.15, -0.1) is 0 Å². The van der Waals surface area contributed by atoms with Crippen molar-refractivity contribution in [1.29, 1.82) is 0 Å². The third-order valence-corrected chi connectivity index (χ3v) is 7.55. The molecule has 4 aromatic rings. The summed E-state index contributed by atoms with van der Waals surface area (Å²) in [6, 6.07) is 24.3. The van der Waals surface area contributed by atoms with Crippen LogP contribution in [0.2, 0.25) is 10.0 Å². The molecule has 0 radical (unpaired) electrons. The third kappa shape index (κ3) is 5.53. The van der Waals surface area contributed by atoms with Crippen molar-refractivity contribution in [2.75, 3.05) is 18.0 Å². The van der Waals surface area contributed by atoms with E-state index in [4.69, 9.17) is 28.3 Å². The second-order valence-electron chi connectivity index (χ2n) is 9.57. The van der Waals surface area contributed by atoms with Gasteiger partial charge in [-0.2, -0.15) is 5.10 Å². The average Bonchev–Trinajstić information content (AvgIpc) is 3.48. The maximum absolute atomic E-state index is 13.2. The number of hydrogen-bond acceptors (Lipinski definition) is 3. The number of hydrogen-bond donors (Lipinski definition) is 1. The van der Waals surface area contributed by atoms with Crippen LogP contribution in [0.5, 0.6) is 0 Å². The Morgan fingerprint density at radius 2 is 1.57 bits per heavy atom. The molecular weight excluding hydrogens is 503 g/mol. The van der Waals surface area contributed by atoms with E-state index in [1.807, 2.05) is 55.5 Å². The Hall–Kier alpha value is -3.28. The van der Waals surface area contributed by atoms with Crippen LogP contribution >= 0.6 is 23.2 Å². The summed E-state index contributed by atoms with van der Waals surface area (Å²) in [6.07, 6.45) is 3.26. The zero-order chi connectivity index (χ0) is 25.9. The summed E-state index contributed by atoms with van der Waals surface area (Å²) >= 11 is 12.2. The summed E-state index contributed by atoms with van der Waals surface area (Å²) in [5.41, 5.74) is 6.27. The molecule has 7 heteroatoms. The Bertz CT molecular complexity index is 1380. The summed E-state index contributed by atoms with van der Waals surface area (Å²) in [5, 5.41) is 9.07. The van der Waals surface area contributed by atoms with Crippen LogP contribution in [0.15, 0.2) is 72.8 Å². The topological polar surface area (TPSA) is 50.2 Å². The van der Waals surface area contributed by atoms with E-state index in [0.717, 1.165) is 35.5 Å². The molecule has 1 fully saturated rings. The fourth-order valence-electron chi connectivity index (χ4n) is 5.00. The molecule has 0 unspecified atom stereocenters. The first kappa shape index (κ1) is 25.4. The SMILES string of the molecule is Cc1c(C(=O)NCCc2ccc(N3CCC[C@@H]3C)cc2)nn(-c2ccc(Cl)cc2)c1-c1ccc(Cl)cc1. The third-order valence-electron chi connectivity index (χ3n) is 7.05. The zero-order valence-corrected chi connectivity index (χ0v) is 22.6. The van der Waals surface area contributed by atoms with Crippen molar-refractivity contribution in [2.24, 2.45) is 0 Å². The summed E-state index contributed by atoms with van der Waals surface area (Å²) < 4.78 is 1.79. The van der Waals surface area contributed by atoms with Gasteiger partial charge < -0.3 is 10.2 Å². The number of carbonyl (C=O) groups is 1. The lowest BCUT2D eigenvalue weighted by molar-refractivity contribution is 0.0948.